The Morgan fingerprint density at radius 1 is 1.50 bits per heavy atom. The second kappa shape index (κ2) is 3.10. The van der Waals surface area contributed by atoms with E-state index in [-0.39, 0.29) is 5.69 Å². The number of aromatic nitrogens is 3. The molecule has 2 rings (SSSR count). The third-order valence-electron chi connectivity index (χ3n) is 2.20. The second-order valence-corrected chi connectivity index (χ2v) is 3.11. The highest BCUT2D eigenvalue weighted by Gasteiger charge is 2.17. The van der Waals surface area contributed by atoms with E-state index in [4.69, 9.17) is 0 Å². The number of H-pyrrole nitrogens is 2. The summed E-state index contributed by atoms with van der Waals surface area (Å²) in [6.45, 7) is 1.99. The van der Waals surface area contributed by atoms with Crippen LogP contribution in [0.5, 0.6) is 0 Å². The van der Waals surface area contributed by atoms with Gasteiger partial charge in [-0.15, -0.1) is 0 Å². The molecule has 0 saturated carbocycles. The Hall–Kier alpha value is -1.10. The Morgan fingerprint density at radius 3 is 3.00 bits per heavy atom. The maximum Gasteiger partial charge on any atom is 0.340 e. The number of hydrogen-bond acceptors (Lipinski definition) is 3. The number of nitrogens with zero attached hydrogens (tertiary/aromatic N) is 1. The number of hydrogen-bond donors (Lipinski definition) is 3. The predicted octanol–water partition coefficient (Wildman–Crippen LogP) is -0.435. The largest absolute Gasteiger partial charge is 0.340 e. The molecular weight excluding hydrogens is 156 g/mol. The van der Waals surface area contributed by atoms with Gasteiger partial charge in [-0.3, -0.25) is 4.98 Å². The van der Waals surface area contributed by atoms with Crippen LogP contribution >= 0.6 is 0 Å². The number of piperidine rings is 1. The average molecular weight is 168 g/mol. The van der Waals surface area contributed by atoms with E-state index >= 15 is 0 Å². The third kappa shape index (κ3) is 1.40. The Morgan fingerprint density at radius 2 is 2.42 bits per heavy atom. The molecule has 0 aliphatic carbocycles. The molecule has 66 valence electrons. The van der Waals surface area contributed by atoms with Gasteiger partial charge in [0.25, 0.3) is 0 Å². The van der Waals surface area contributed by atoms with Gasteiger partial charge in [0.15, 0.2) is 0 Å². The van der Waals surface area contributed by atoms with Gasteiger partial charge in [-0.05, 0) is 19.4 Å². The Labute approximate surface area is 69.6 Å². The molecule has 3 N–H and O–H groups in total. The normalized spacial score (nSPS) is 24.2. The molecule has 1 saturated heterocycles. The lowest BCUT2D eigenvalue weighted by atomic mass is 9.99. The van der Waals surface area contributed by atoms with Crippen LogP contribution in [0.2, 0.25) is 0 Å². The van der Waals surface area contributed by atoms with E-state index in [1.54, 1.807) is 0 Å². The van der Waals surface area contributed by atoms with E-state index in [2.05, 4.69) is 20.5 Å². The van der Waals surface area contributed by atoms with Gasteiger partial charge in [0.2, 0.25) is 0 Å². The van der Waals surface area contributed by atoms with Crippen molar-refractivity contribution >= 4 is 0 Å². The summed E-state index contributed by atoms with van der Waals surface area (Å²) >= 11 is 0. The van der Waals surface area contributed by atoms with Gasteiger partial charge in [0.1, 0.15) is 5.82 Å². The standard InChI is InChI=1S/C7H12N4O/c12-7-9-6(10-11-7)5-2-1-3-8-4-5/h5,8H,1-4H2,(H2,9,10,11,12)/t5-/m0/s1. The quantitative estimate of drug-likeness (QED) is 0.532. The van der Waals surface area contributed by atoms with Gasteiger partial charge in [-0.2, -0.15) is 5.10 Å². The summed E-state index contributed by atoms with van der Waals surface area (Å²) in [5.41, 5.74) is -0.212. The first-order valence-corrected chi connectivity index (χ1v) is 4.21. The Kier molecular flexibility index (Phi) is 1.95. The zero-order valence-corrected chi connectivity index (χ0v) is 6.76. The van der Waals surface area contributed by atoms with Gasteiger partial charge < -0.3 is 5.32 Å². The maximum atomic E-state index is 10.7. The number of nitrogens with one attached hydrogen (secondary N) is 3. The third-order valence-corrected chi connectivity index (χ3v) is 2.20. The SMILES string of the molecule is O=c1[nH]nc([C@H]2CCCNC2)[nH]1. The lowest BCUT2D eigenvalue weighted by Gasteiger charge is -2.19. The molecule has 0 aromatic carbocycles. The van der Waals surface area contributed by atoms with Gasteiger partial charge >= 0.3 is 5.69 Å². The van der Waals surface area contributed by atoms with Crippen molar-refractivity contribution in [2.75, 3.05) is 13.1 Å². The van der Waals surface area contributed by atoms with E-state index in [1.807, 2.05) is 0 Å². The van der Waals surface area contributed by atoms with E-state index in [0.717, 1.165) is 31.8 Å². The number of aromatic amines is 2. The molecule has 1 aliphatic rings. The fourth-order valence-corrected chi connectivity index (χ4v) is 1.56. The first kappa shape index (κ1) is 7.54. The fraction of sp³-hybridized carbons (Fsp3) is 0.714. The highest BCUT2D eigenvalue weighted by molar-refractivity contribution is 4.95. The zero-order chi connectivity index (χ0) is 8.39. The molecule has 5 nitrogen and oxygen atoms in total. The molecule has 0 unspecified atom stereocenters. The van der Waals surface area contributed by atoms with Crippen LogP contribution in [0.15, 0.2) is 4.79 Å². The molecule has 1 atom stereocenters. The van der Waals surface area contributed by atoms with Gasteiger partial charge in [-0.25, -0.2) is 9.89 Å². The van der Waals surface area contributed by atoms with E-state index in [1.165, 1.54) is 0 Å². The van der Waals surface area contributed by atoms with Crippen molar-refractivity contribution in [3.8, 4) is 0 Å². The highest BCUT2D eigenvalue weighted by Crippen LogP contribution is 2.17. The molecule has 1 aromatic heterocycles. The minimum atomic E-state index is -0.212. The first-order valence-electron chi connectivity index (χ1n) is 4.21. The topological polar surface area (TPSA) is 73.6 Å². The smallest absolute Gasteiger partial charge is 0.316 e. The van der Waals surface area contributed by atoms with Gasteiger partial charge in [-0.1, -0.05) is 0 Å². The summed E-state index contributed by atoms with van der Waals surface area (Å²) in [6.07, 6.45) is 2.26. The molecule has 0 amide bonds. The van der Waals surface area contributed by atoms with Gasteiger partial charge in [0, 0.05) is 12.5 Å². The Bertz CT molecular complexity index is 296. The zero-order valence-electron chi connectivity index (χ0n) is 6.76. The molecule has 0 bridgehead atoms. The van der Waals surface area contributed by atoms with Crippen LogP contribution < -0.4 is 11.0 Å². The summed E-state index contributed by atoms with van der Waals surface area (Å²) in [7, 11) is 0. The van der Waals surface area contributed by atoms with Crippen molar-refractivity contribution < 1.29 is 0 Å². The molecule has 1 aromatic rings. The lowest BCUT2D eigenvalue weighted by Crippen LogP contribution is -2.29. The van der Waals surface area contributed by atoms with Crippen LogP contribution in [-0.4, -0.2) is 28.3 Å². The minimum absolute atomic E-state index is 0.212. The summed E-state index contributed by atoms with van der Waals surface area (Å²) in [5, 5.41) is 9.55. The van der Waals surface area contributed by atoms with Crippen LogP contribution in [0.3, 0.4) is 0 Å². The van der Waals surface area contributed by atoms with Gasteiger partial charge in [0.05, 0.1) is 0 Å². The van der Waals surface area contributed by atoms with Crippen molar-refractivity contribution in [3.05, 3.63) is 16.3 Å². The summed E-state index contributed by atoms with van der Waals surface area (Å²) in [4.78, 5) is 13.4. The predicted molar refractivity (Wildman–Crippen MR) is 44.1 cm³/mol. The molecule has 2 heterocycles. The average Bonchev–Trinajstić information content (AvgIpc) is 2.54. The molecule has 0 spiro atoms. The molecular formula is C7H12N4O. The van der Waals surface area contributed by atoms with E-state index in [9.17, 15) is 4.79 Å². The van der Waals surface area contributed by atoms with Crippen molar-refractivity contribution in [3.63, 3.8) is 0 Å². The summed E-state index contributed by atoms with van der Waals surface area (Å²) < 4.78 is 0. The molecule has 1 fully saturated rings. The van der Waals surface area contributed by atoms with Crippen LogP contribution in [0.4, 0.5) is 0 Å². The number of rotatable bonds is 1. The van der Waals surface area contributed by atoms with E-state index < -0.39 is 0 Å². The monoisotopic (exact) mass is 168 g/mol. The first-order chi connectivity index (χ1) is 5.86. The van der Waals surface area contributed by atoms with Crippen LogP contribution in [-0.2, 0) is 0 Å². The highest BCUT2D eigenvalue weighted by atomic mass is 16.1. The van der Waals surface area contributed by atoms with Crippen molar-refractivity contribution in [1.82, 2.24) is 20.5 Å². The van der Waals surface area contributed by atoms with E-state index in [0.29, 0.717) is 5.92 Å². The summed E-state index contributed by atoms with van der Waals surface area (Å²) in [6, 6.07) is 0. The molecule has 0 radical (unpaired) electrons. The van der Waals surface area contributed by atoms with Crippen LogP contribution in [0.25, 0.3) is 0 Å². The van der Waals surface area contributed by atoms with Crippen LogP contribution in [0, 0.1) is 0 Å². The fourth-order valence-electron chi connectivity index (χ4n) is 1.56. The minimum Gasteiger partial charge on any atom is -0.316 e. The van der Waals surface area contributed by atoms with Crippen LogP contribution in [0.1, 0.15) is 24.6 Å². The van der Waals surface area contributed by atoms with Crippen molar-refractivity contribution in [1.29, 1.82) is 0 Å². The van der Waals surface area contributed by atoms with Crippen molar-refractivity contribution in [2.45, 2.75) is 18.8 Å². The summed E-state index contributed by atoms with van der Waals surface area (Å²) in [5.74, 6) is 1.16. The molecule has 12 heavy (non-hydrogen) atoms. The molecule has 1 aliphatic heterocycles. The second-order valence-electron chi connectivity index (χ2n) is 3.11. The Balaban J connectivity index is 2.13. The van der Waals surface area contributed by atoms with Crippen molar-refractivity contribution in [2.24, 2.45) is 0 Å². The lowest BCUT2D eigenvalue weighted by molar-refractivity contribution is 0.447. The molecule has 5 heteroatoms. The maximum absolute atomic E-state index is 10.7.